The molecule has 17 heavy (non-hydrogen) atoms. The summed E-state index contributed by atoms with van der Waals surface area (Å²) in [5.41, 5.74) is 1.34. The number of benzene rings is 1. The van der Waals surface area contributed by atoms with Gasteiger partial charge in [0.25, 0.3) is 0 Å². The lowest BCUT2D eigenvalue weighted by molar-refractivity contribution is 0.112. The van der Waals surface area contributed by atoms with Crippen molar-refractivity contribution in [3.63, 3.8) is 0 Å². The van der Waals surface area contributed by atoms with E-state index in [2.05, 4.69) is 6.58 Å². The smallest absolute Gasteiger partial charge is 0.180 e. The number of hydrogen-bond donors (Lipinski definition) is 0. The predicted molar refractivity (Wildman–Crippen MR) is 68.3 cm³/mol. The van der Waals surface area contributed by atoms with Gasteiger partial charge in [0.1, 0.15) is 12.9 Å². The Morgan fingerprint density at radius 1 is 1.47 bits per heavy atom. The van der Waals surface area contributed by atoms with Crippen molar-refractivity contribution in [3.8, 4) is 11.5 Å². The topological polar surface area (TPSA) is 35.5 Å². The molecule has 0 N–H and O–H groups in total. The van der Waals surface area contributed by atoms with Crippen LogP contribution in [-0.4, -0.2) is 19.5 Å². The van der Waals surface area contributed by atoms with Gasteiger partial charge in [-0.25, -0.2) is 0 Å². The third-order valence-electron chi connectivity index (χ3n) is 1.93. The minimum Gasteiger partial charge on any atom is -0.490 e. The molecule has 0 aromatic heterocycles. The molecule has 92 valence electrons. The highest BCUT2D eigenvalue weighted by Gasteiger charge is 2.12. The van der Waals surface area contributed by atoms with E-state index in [1.54, 1.807) is 12.1 Å². The molecule has 4 heteroatoms. The maximum Gasteiger partial charge on any atom is 0.180 e. The second-order valence-corrected chi connectivity index (χ2v) is 4.03. The zero-order chi connectivity index (χ0) is 12.8. The van der Waals surface area contributed by atoms with Crippen molar-refractivity contribution < 1.29 is 14.3 Å². The fourth-order valence-corrected chi connectivity index (χ4v) is 1.53. The monoisotopic (exact) mass is 254 g/mol. The van der Waals surface area contributed by atoms with Crippen molar-refractivity contribution in [1.29, 1.82) is 0 Å². The summed E-state index contributed by atoms with van der Waals surface area (Å²) < 4.78 is 10.9. The summed E-state index contributed by atoms with van der Waals surface area (Å²) in [7, 11) is 0. The fraction of sp³-hybridized carbons (Fsp3) is 0.308. The Hall–Kier alpha value is -1.48. The summed E-state index contributed by atoms with van der Waals surface area (Å²) in [6.45, 7) is 8.29. The number of aldehydes is 1. The molecule has 0 fully saturated rings. The lowest BCUT2D eigenvalue weighted by Crippen LogP contribution is -2.02. The third-order valence-corrected chi connectivity index (χ3v) is 2.21. The van der Waals surface area contributed by atoms with E-state index in [0.29, 0.717) is 35.3 Å². The van der Waals surface area contributed by atoms with Gasteiger partial charge in [0.2, 0.25) is 0 Å². The van der Waals surface area contributed by atoms with E-state index in [0.717, 1.165) is 11.9 Å². The Kier molecular flexibility index (Phi) is 5.04. The number of ether oxygens (including phenoxy) is 2. The molecule has 0 heterocycles. The maximum absolute atomic E-state index is 10.7. The first-order chi connectivity index (χ1) is 8.08. The molecule has 0 amide bonds. The lowest BCUT2D eigenvalue weighted by Gasteiger charge is -2.13. The van der Waals surface area contributed by atoms with Gasteiger partial charge in [-0.1, -0.05) is 18.2 Å². The molecule has 0 bridgehead atoms. The van der Waals surface area contributed by atoms with Crippen LogP contribution in [-0.2, 0) is 0 Å². The van der Waals surface area contributed by atoms with E-state index in [9.17, 15) is 4.79 Å². The van der Waals surface area contributed by atoms with Gasteiger partial charge >= 0.3 is 0 Å². The van der Waals surface area contributed by atoms with E-state index in [-0.39, 0.29) is 0 Å². The summed E-state index contributed by atoms with van der Waals surface area (Å²) in [5, 5.41) is 0.360. The highest BCUT2D eigenvalue weighted by molar-refractivity contribution is 6.32. The Morgan fingerprint density at radius 3 is 2.71 bits per heavy atom. The van der Waals surface area contributed by atoms with Crippen LogP contribution in [0.2, 0.25) is 5.02 Å². The number of carbonyl (C=O) groups excluding carboxylic acids is 1. The molecule has 0 saturated heterocycles. The van der Waals surface area contributed by atoms with E-state index in [4.69, 9.17) is 21.1 Å². The van der Waals surface area contributed by atoms with Crippen LogP contribution in [0.5, 0.6) is 11.5 Å². The van der Waals surface area contributed by atoms with Crippen molar-refractivity contribution in [2.45, 2.75) is 13.8 Å². The van der Waals surface area contributed by atoms with E-state index >= 15 is 0 Å². The maximum atomic E-state index is 10.7. The van der Waals surface area contributed by atoms with Gasteiger partial charge in [-0.2, -0.15) is 0 Å². The highest BCUT2D eigenvalue weighted by Crippen LogP contribution is 2.36. The predicted octanol–water partition coefficient (Wildman–Crippen LogP) is 3.51. The molecule has 1 rings (SSSR count). The molecule has 0 atom stereocenters. The van der Waals surface area contributed by atoms with Gasteiger partial charge in [-0.3, -0.25) is 4.79 Å². The van der Waals surface area contributed by atoms with Crippen LogP contribution >= 0.6 is 11.6 Å². The molecule has 1 aromatic carbocycles. The lowest BCUT2D eigenvalue weighted by atomic mass is 10.2. The zero-order valence-corrected chi connectivity index (χ0v) is 10.7. The van der Waals surface area contributed by atoms with Crippen LogP contribution in [0.4, 0.5) is 0 Å². The Balaban J connectivity index is 3.06. The van der Waals surface area contributed by atoms with Crippen LogP contribution in [0.1, 0.15) is 24.2 Å². The van der Waals surface area contributed by atoms with Crippen LogP contribution in [0.3, 0.4) is 0 Å². The van der Waals surface area contributed by atoms with Gasteiger partial charge in [0.05, 0.1) is 11.6 Å². The van der Waals surface area contributed by atoms with Crippen LogP contribution in [0.15, 0.2) is 24.3 Å². The number of hydrogen-bond acceptors (Lipinski definition) is 3. The van der Waals surface area contributed by atoms with E-state index in [1.807, 2.05) is 13.8 Å². The van der Waals surface area contributed by atoms with Crippen LogP contribution in [0, 0.1) is 0 Å². The molecular weight excluding hydrogens is 240 g/mol. The van der Waals surface area contributed by atoms with Gasteiger partial charge in [0.15, 0.2) is 11.5 Å². The minimum atomic E-state index is 0.360. The van der Waals surface area contributed by atoms with E-state index in [1.165, 1.54) is 0 Å². The average Bonchev–Trinajstić information content (AvgIpc) is 2.27. The number of carbonyl (C=O) groups is 1. The van der Waals surface area contributed by atoms with Crippen molar-refractivity contribution in [2.24, 2.45) is 0 Å². The van der Waals surface area contributed by atoms with Crippen LogP contribution in [0.25, 0.3) is 0 Å². The largest absolute Gasteiger partial charge is 0.490 e. The Bertz CT molecular complexity index is 427. The molecule has 0 aliphatic carbocycles. The highest BCUT2D eigenvalue weighted by atomic mass is 35.5. The Labute approximate surface area is 106 Å². The van der Waals surface area contributed by atoms with Gasteiger partial charge in [-0.05, 0) is 31.6 Å². The molecule has 1 aromatic rings. The first-order valence-corrected chi connectivity index (χ1v) is 5.65. The first kappa shape index (κ1) is 13.6. The van der Waals surface area contributed by atoms with E-state index < -0.39 is 0 Å². The fourth-order valence-electron chi connectivity index (χ4n) is 1.25. The van der Waals surface area contributed by atoms with Gasteiger partial charge in [0, 0.05) is 5.56 Å². The normalized spacial score (nSPS) is 9.82. The molecule has 0 spiro atoms. The van der Waals surface area contributed by atoms with Gasteiger partial charge < -0.3 is 9.47 Å². The third kappa shape index (κ3) is 3.79. The second-order valence-electron chi connectivity index (χ2n) is 3.63. The first-order valence-electron chi connectivity index (χ1n) is 5.27. The minimum absolute atomic E-state index is 0.360. The molecule has 0 unspecified atom stereocenters. The summed E-state index contributed by atoms with van der Waals surface area (Å²) in [6.07, 6.45) is 0.719. The van der Waals surface area contributed by atoms with Crippen LogP contribution < -0.4 is 9.47 Å². The second kappa shape index (κ2) is 6.30. The molecule has 0 aliphatic rings. The summed E-state index contributed by atoms with van der Waals surface area (Å²) >= 11 is 6.04. The van der Waals surface area contributed by atoms with Crippen molar-refractivity contribution in [1.82, 2.24) is 0 Å². The Morgan fingerprint density at radius 2 is 2.18 bits per heavy atom. The standard InChI is InChI=1S/C13H15ClO3/c1-4-16-12-6-10(7-15)5-11(14)13(12)17-8-9(2)3/h5-7H,2,4,8H2,1,3H3. The molecule has 0 aliphatic heterocycles. The van der Waals surface area contributed by atoms with Crippen molar-refractivity contribution in [3.05, 3.63) is 34.9 Å². The number of rotatable bonds is 6. The quantitative estimate of drug-likeness (QED) is 0.576. The van der Waals surface area contributed by atoms with Gasteiger partial charge in [-0.15, -0.1) is 0 Å². The summed E-state index contributed by atoms with van der Waals surface area (Å²) in [4.78, 5) is 10.7. The number of halogens is 1. The summed E-state index contributed by atoms with van der Waals surface area (Å²) in [6, 6.07) is 3.15. The van der Waals surface area contributed by atoms with Crippen molar-refractivity contribution in [2.75, 3.05) is 13.2 Å². The van der Waals surface area contributed by atoms with Crippen molar-refractivity contribution >= 4 is 17.9 Å². The zero-order valence-electron chi connectivity index (χ0n) is 9.96. The average molecular weight is 255 g/mol. The summed E-state index contributed by atoms with van der Waals surface area (Å²) in [5.74, 6) is 0.922. The molecule has 3 nitrogen and oxygen atoms in total. The molecule has 0 radical (unpaired) electrons. The molecule has 0 saturated carbocycles. The molecular formula is C13H15ClO3. The SMILES string of the molecule is C=C(C)COc1c(Cl)cc(C=O)cc1OCC.